The Morgan fingerprint density at radius 3 is 1.38 bits per heavy atom. The van der Waals surface area contributed by atoms with Crippen molar-refractivity contribution in [1.29, 1.82) is 0 Å². The summed E-state index contributed by atoms with van der Waals surface area (Å²) in [6.45, 7) is 0. The van der Waals surface area contributed by atoms with E-state index in [4.69, 9.17) is 43.3 Å². The van der Waals surface area contributed by atoms with Gasteiger partial charge in [0.15, 0.2) is 12.7 Å². The Balaban J connectivity index is 1.49. The predicted molar refractivity (Wildman–Crippen MR) is 146 cm³/mol. The molecule has 0 amide bonds. The normalized spacial score (nSPS) is 24.2. The number of nitrogens with one attached hydrogen (secondary N) is 2. The molecule has 2 unspecified atom stereocenters. The molecule has 6 rings (SSSR count). The van der Waals surface area contributed by atoms with Crippen molar-refractivity contribution in [2.45, 2.75) is 0 Å². The Morgan fingerprint density at radius 2 is 1.03 bits per heavy atom. The Kier molecular flexibility index (Phi) is 4.97. The number of fused-ring (bicyclic) bond motifs is 6. The van der Waals surface area contributed by atoms with Gasteiger partial charge in [-0.15, -0.1) is 0 Å². The lowest BCUT2D eigenvalue weighted by Gasteiger charge is -2.41. The van der Waals surface area contributed by atoms with Gasteiger partial charge >= 0.3 is 0 Å². The van der Waals surface area contributed by atoms with Crippen molar-refractivity contribution < 1.29 is 9.47 Å². The molecule has 3 aliphatic heterocycles. The van der Waals surface area contributed by atoms with Crippen LogP contribution >= 0.6 is 12.7 Å². The largest absolute Gasteiger partial charge is 0.497 e. The summed E-state index contributed by atoms with van der Waals surface area (Å²) in [5.74, 6) is 2.90. The summed E-state index contributed by atoms with van der Waals surface area (Å²) < 4.78 is 14.9. The van der Waals surface area contributed by atoms with Crippen LogP contribution in [0.25, 0.3) is 0 Å². The Morgan fingerprint density at radius 1 is 0.647 bits per heavy atom. The molecular weight excluding hydrogens is 506 g/mol. The summed E-state index contributed by atoms with van der Waals surface area (Å²) in [5.41, 5.74) is 1.91. The minimum absolute atomic E-state index is 0.672. The number of benzene rings is 3. The summed E-state index contributed by atoms with van der Waals surface area (Å²) in [6, 6.07) is 23.8. The first-order chi connectivity index (χ1) is 16.5. The minimum Gasteiger partial charge on any atom is -0.497 e. The maximum Gasteiger partial charge on any atom is 0.204 e. The molecule has 0 spiro atoms. The van der Waals surface area contributed by atoms with E-state index in [1.165, 1.54) is 0 Å². The fraction of sp³-hybridized carbons (Fsp3) is 0.0909. The zero-order chi connectivity index (χ0) is 23.5. The van der Waals surface area contributed by atoms with Gasteiger partial charge in [0.25, 0.3) is 0 Å². The van der Waals surface area contributed by atoms with Crippen LogP contribution in [0.1, 0.15) is 0 Å². The monoisotopic (exact) mass is 526 g/mol. The van der Waals surface area contributed by atoms with E-state index in [1.807, 2.05) is 60.7 Å². The van der Waals surface area contributed by atoms with Crippen LogP contribution in [0.3, 0.4) is 0 Å². The third-order valence-electron chi connectivity index (χ3n) is 5.93. The van der Waals surface area contributed by atoms with Crippen LogP contribution in [0.2, 0.25) is 0 Å². The average molecular weight is 527 g/mol. The topological polar surface area (TPSA) is 73.7 Å². The highest BCUT2D eigenvalue weighted by Crippen LogP contribution is 2.61. The van der Waals surface area contributed by atoms with Crippen molar-refractivity contribution in [2.75, 3.05) is 23.6 Å². The molecule has 0 aliphatic carbocycles. The first-order valence-electron chi connectivity index (χ1n) is 10.4. The van der Waals surface area contributed by atoms with Gasteiger partial charge in [-0.3, -0.25) is 19.7 Å². The van der Waals surface area contributed by atoms with Crippen molar-refractivity contribution in [2.24, 2.45) is 10.2 Å². The number of anilines is 2. The lowest BCUT2D eigenvalue weighted by atomic mass is 10.2. The van der Waals surface area contributed by atoms with E-state index in [0.29, 0.717) is 11.7 Å². The molecular formula is C22H20N6O2P2S2. The highest BCUT2D eigenvalue weighted by molar-refractivity contribution is 8.19. The fourth-order valence-corrected chi connectivity index (χ4v) is 10.4. The number of hydrogen-bond acceptors (Lipinski definition) is 6. The van der Waals surface area contributed by atoms with Crippen LogP contribution in [0, 0.1) is 0 Å². The first kappa shape index (κ1) is 21.6. The van der Waals surface area contributed by atoms with Crippen LogP contribution < -0.4 is 39.8 Å². The van der Waals surface area contributed by atoms with E-state index in [1.54, 1.807) is 14.2 Å². The van der Waals surface area contributed by atoms with Crippen LogP contribution in [0.5, 0.6) is 11.5 Å². The number of hydrazone groups is 2. The zero-order valence-electron chi connectivity index (χ0n) is 18.2. The van der Waals surface area contributed by atoms with E-state index in [0.717, 1.165) is 33.5 Å². The Hall–Kier alpha value is -2.90. The average Bonchev–Trinajstić information content (AvgIpc) is 3.44. The number of rotatable bonds is 4. The second-order valence-corrected chi connectivity index (χ2v) is 15.4. The second-order valence-electron chi connectivity index (χ2n) is 7.73. The van der Waals surface area contributed by atoms with Crippen LogP contribution in [-0.4, -0.2) is 25.9 Å². The van der Waals surface area contributed by atoms with E-state index in [9.17, 15) is 0 Å². The summed E-state index contributed by atoms with van der Waals surface area (Å²) >= 11 is 12.5. The van der Waals surface area contributed by atoms with Gasteiger partial charge in [-0.25, -0.2) is 0 Å². The number of methoxy groups -OCH3 is 2. The molecule has 12 heteroatoms. The van der Waals surface area contributed by atoms with Gasteiger partial charge in [0.05, 0.1) is 25.6 Å². The number of para-hydroxylation sites is 2. The molecule has 0 bridgehead atoms. The van der Waals surface area contributed by atoms with Gasteiger partial charge in [-0.05, 0) is 84.3 Å². The highest BCUT2D eigenvalue weighted by atomic mass is 32.4. The van der Waals surface area contributed by atoms with Crippen LogP contribution in [-0.2, 0) is 23.6 Å². The van der Waals surface area contributed by atoms with Gasteiger partial charge < -0.3 is 9.47 Å². The molecule has 0 aromatic heterocycles. The number of ether oxygens (including phenoxy) is 2. The smallest absolute Gasteiger partial charge is 0.204 e. The van der Waals surface area contributed by atoms with Gasteiger partial charge in [0, 0.05) is 10.6 Å². The standard InChI is InChI=1S/C22H20N6O2P2S2/c1-29-15-7-11-17(12-8-15)31(33)25-23-21-22-24-26-32(34,18-13-9-16(30-2)10-14-18)28(22)20-6-4-3-5-19(20)27(21)31/h3-14H,1-2H3,(H,25,33)(H,26,34). The molecule has 3 aromatic carbocycles. The third-order valence-corrected chi connectivity index (χ3v) is 13.3. The summed E-state index contributed by atoms with van der Waals surface area (Å²) in [6.07, 6.45) is -5.01. The quantitative estimate of drug-likeness (QED) is 0.501. The lowest BCUT2D eigenvalue weighted by Crippen LogP contribution is -2.46. The van der Waals surface area contributed by atoms with Crippen molar-refractivity contribution >= 4 is 69.9 Å². The molecule has 0 fully saturated rings. The molecule has 3 aliphatic rings. The highest BCUT2D eigenvalue weighted by Gasteiger charge is 2.51. The van der Waals surface area contributed by atoms with E-state index in [-0.39, 0.29) is 0 Å². The fourth-order valence-electron chi connectivity index (χ4n) is 4.24. The van der Waals surface area contributed by atoms with Crippen molar-refractivity contribution in [3.8, 4) is 11.5 Å². The molecule has 34 heavy (non-hydrogen) atoms. The van der Waals surface area contributed by atoms with Gasteiger partial charge in [-0.2, -0.15) is 10.2 Å². The molecule has 2 atom stereocenters. The van der Waals surface area contributed by atoms with Crippen molar-refractivity contribution in [1.82, 2.24) is 10.4 Å². The summed E-state index contributed by atoms with van der Waals surface area (Å²) in [5, 5.41) is 17.9. The Bertz CT molecular complexity index is 1350. The molecule has 0 saturated carbocycles. The van der Waals surface area contributed by atoms with Crippen molar-refractivity contribution in [3.05, 3.63) is 72.8 Å². The first-order valence-corrected chi connectivity index (χ1v) is 15.9. The summed E-state index contributed by atoms with van der Waals surface area (Å²) in [7, 11) is 3.30. The van der Waals surface area contributed by atoms with E-state index >= 15 is 0 Å². The molecule has 172 valence electrons. The molecule has 0 saturated heterocycles. The minimum atomic E-state index is -2.51. The van der Waals surface area contributed by atoms with E-state index in [2.05, 4.69) is 31.9 Å². The van der Waals surface area contributed by atoms with Gasteiger partial charge in [-0.1, -0.05) is 12.1 Å². The molecule has 3 heterocycles. The van der Waals surface area contributed by atoms with E-state index < -0.39 is 12.7 Å². The molecule has 3 aromatic rings. The van der Waals surface area contributed by atoms with Gasteiger partial charge in [0.2, 0.25) is 11.7 Å². The maximum absolute atomic E-state index is 6.27. The van der Waals surface area contributed by atoms with Crippen molar-refractivity contribution in [3.63, 3.8) is 0 Å². The van der Waals surface area contributed by atoms with Gasteiger partial charge in [0.1, 0.15) is 11.5 Å². The summed E-state index contributed by atoms with van der Waals surface area (Å²) in [4.78, 5) is 0. The molecule has 2 N–H and O–H groups in total. The van der Waals surface area contributed by atoms with Crippen LogP contribution in [0.4, 0.5) is 11.4 Å². The maximum atomic E-state index is 6.27. The predicted octanol–water partition coefficient (Wildman–Crippen LogP) is 3.43. The second kappa shape index (κ2) is 7.82. The van der Waals surface area contributed by atoms with Crippen LogP contribution in [0.15, 0.2) is 83.0 Å². The number of nitrogens with zero attached hydrogens (tertiary/aromatic N) is 4. The molecule has 0 radical (unpaired) electrons. The number of amidine groups is 2. The molecule has 8 nitrogen and oxygen atoms in total. The third kappa shape index (κ3) is 2.96. The zero-order valence-corrected chi connectivity index (χ0v) is 21.7. The SMILES string of the molecule is COc1ccc(P2(=S)NN=C3C4=NNP(=S)(c5ccc(OC)cc5)N4c4ccccc4N32)cc1. The lowest BCUT2D eigenvalue weighted by molar-refractivity contribution is 0.415. The number of hydrogen-bond donors (Lipinski definition) is 2. The Labute approximate surface area is 207 Å².